The van der Waals surface area contributed by atoms with Crippen LogP contribution in [0.4, 0.5) is 5.69 Å². The zero-order valence-corrected chi connectivity index (χ0v) is 15.1. The number of fused-ring (bicyclic) bond motifs is 1. The highest BCUT2D eigenvalue weighted by Gasteiger charge is 2.17. The Bertz CT molecular complexity index is 919. The fourth-order valence-corrected chi connectivity index (χ4v) is 2.84. The Hall–Kier alpha value is -2.93. The van der Waals surface area contributed by atoms with Crippen molar-refractivity contribution in [2.24, 2.45) is 11.7 Å². The number of nitrogens with two attached hydrogens (primary N) is 1. The van der Waals surface area contributed by atoms with Crippen LogP contribution in [-0.4, -0.2) is 33.7 Å². The number of methoxy groups -OCH3 is 1. The van der Waals surface area contributed by atoms with Crippen molar-refractivity contribution in [3.05, 3.63) is 42.7 Å². The first kappa shape index (κ1) is 17.9. The Morgan fingerprint density at radius 3 is 2.88 bits per heavy atom. The summed E-state index contributed by atoms with van der Waals surface area (Å²) in [4.78, 5) is 16.6. The number of carbonyl (C=O) groups excluding carboxylic acids is 1. The van der Waals surface area contributed by atoms with E-state index in [1.807, 2.05) is 38.1 Å². The van der Waals surface area contributed by atoms with Crippen LogP contribution in [0.25, 0.3) is 16.9 Å². The van der Waals surface area contributed by atoms with Gasteiger partial charge in [-0.2, -0.15) is 5.10 Å². The number of anilines is 1. The number of nitrogens with one attached hydrogen (secondary N) is 1. The molecule has 136 valence electrons. The molecular formula is C19H23N5O2. The molecule has 26 heavy (non-hydrogen) atoms. The molecule has 3 aromatic rings. The third kappa shape index (κ3) is 3.67. The van der Waals surface area contributed by atoms with Gasteiger partial charge >= 0.3 is 0 Å². The van der Waals surface area contributed by atoms with Crippen molar-refractivity contribution in [1.29, 1.82) is 0 Å². The third-order valence-electron chi connectivity index (χ3n) is 4.08. The van der Waals surface area contributed by atoms with Gasteiger partial charge in [-0.15, -0.1) is 0 Å². The predicted octanol–water partition coefficient (Wildman–Crippen LogP) is 2.72. The molecular weight excluding hydrogens is 330 g/mol. The molecule has 0 saturated carbocycles. The number of hydrogen-bond acceptors (Lipinski definition) is 5. The summed E-state index contributed by atoms with van der Waals surface area (Å²) in [5.41, 5.74) is 8.98. The van der Waals surface area contributed by atoms with Crippen molar-refractivity contribution in [2.75, 3.05) is 12.4 Å². The molecule has 7 heteroatoms. The zero-order valence-electron chi connectivity index (χ0n) is 15.1. The van der Waals surface area contributed by atoms with Crippen molar-refractivity contribution in [1.82, 2.24) is 14.6 Å². The second-order valence-electron chi connectivity index (χ2n) is 6.58. The molecule has 0 saturated heterocycles. The van der Waals surface area contributed by atoms with Crippen molar-refractivity contribution in [3.8, 4) is 17.0 Å². The minimum Gasteiger partial charge on any atom is -0.496 e. The maximum Gasteiger partial charge on any atom is 0.241 e. The van der Waals surface area contributed by atoms with E-state index in [4.69, 9.17) is 10.5 Å². The van der Waals surface area contributed by atoms with E-state index in [0.717, 1.165) is 16.9 Å². The lowest BCUT2D eigenvalue weighted by Crippen LogP contribution is -2.36. The molecule has 1 aromatic carbocycles. The van der Waals surface area contributed by atoms with E-state index in [2.05, 4.69) is 15.4 Å². The average molecular weight is 353 g/mol. The number of nitrogens with zero attached hydrogens (tertiary/aromatic N) is 3. The first-order chi connectivity index (χ1) is 12.5. The number of hydrogen-bond donors (Lipinski definition) is 2. The topological polar surface area (TPSA) is 94.5 Å². The van der Waals surface area contributed by atoms with Gasteiger partial charge in [0.15, 0.2) is 5.65 Å². The van der Waals surface area contributed by atoms with Crippen LogP contribution in [0.5, 0.6) is 5.75 Å². The molecule has 0 unspecified atom stereocenters. The zero-order chi connectivity index (χ0) is 18.7. The summed E-state index contributed by atoms with van der Waals surface area (Å²) < 4.78 is 7.26. The molecule has 1 amide bonds. The molecule has 0 spiro atoms. The highest BCUT2D eigenvalue weighted by atomic mass is 16.5. The second-order valence-corrected chi connectivity index (χ2v) is 6.58. The predicted molar refractivity (Wildman–Crippen MR) is 101 cm³/mol. The van der Waals surface area contributed by atoms with Crippen molar-refractivity contribution in [2.45, 2.75) is 26.3 Å². The third-order valence-corrected chi connectivity index (χ3v) is 4.08. The van der Waals surface area contributed by atoms with Gasteiger partial charge in [0, 0.05) is 23.5 Å². The molecule has 1 atom stereocenters. The number of imidazole rings is 1. The largest absolute Gasteiger partial charge is 0.496 e. The van der Waals surface area contributed by atoms with Crippen LogP contribution in [0.1, 0.15) is 20.3 Å². The van der Waals surface area contributed by atoms with E-state index in [-0.39, 0.29) is 5.91 Å². The molecule has 0 bridgehead atoms. The molecule has 7 nitrogen and oxygen atoms in total. The Balaban J connectivity index is 1.88. The van der Waals surface area contributed by atoms with Gasteiger partial charge < -0.3 is 15.8 Å². The molecule has 0 fully saturated rings. The number of benzene rings is 1. The smallest absolute Gasteiger partial charge is 0.241 e. The van der Waals surface area contributed by atoms with Gasteiger partial charge in [0.25, 0.3) is 0 Å². The average Bonchev–Trinajstić information content (AvgIpc) is 3.05. The molecule has 2 aromatic heterocycles. The maximum absolute atomic E-state index is 12.2. The van der Waals surface area contributed by atoms with Crippen molar-refractivity contribution >= 4 is 17.2 Å². The summed E-state index contributed by atoms with van der Waals surface area (Å²) in [7, 11) is 1.59. The lowest BCUT2D eigenvalue weighted by Gasteiger charge is -2.15. The van der Waals surface area contributed by atoms with Gasteiger partial charge in [-0.25, -0.2) is 9.50 Å². The Kier molecular flexibility index (Phi) is 5.18. The van der Waals surface area contributed by atoms with Crippen LogP contribution in [0.3, 0.4) is 0 Å². The number of carbonyl (C=O) groups is 1. The number of ether oxygens (including phenoxy) is 1. The van der Waals surface area contributed by atoms with Crippen molar-refractivity contribution in [3.63, 3.8) is 0 Å². The van der Waals surface area contributed by atoms with Gasteiger partial charge in [-0.05, 0) is 36.6 Å². The van der Waals surface area contributed by atoms with E-state index in [9.17, 15) is 4.79 Å². The van der Waals surface area contributed by atoms with Gasteiger partial charge in [-0.1, -0.05) is 13.8 Å². The molecule has 3 N–H and O–H groups in total. The standard InChI is InChI=1S/C19H23N5O2/c1-12(2)9-15(20)19(25)23-13-6-7-14(17(10-13)26-3)16-11-21-18-5-4-8-22-24(16)18/h4-8,10-12,15H,9,20H2,1-3H3,(H,23,25)/t15-/m1/s1. The van der Waals surface area contributed by atoms with E-state index >= 15 is 0 Å². The van der Waals surface area contributed by atoms with Crippen LogP contribution in [0, 0.1) is 5.92 Å². The van der Waals surface area contributed by atoms with Gasteiger partial charge in [0.1, 0.15) is 5.75 Å². The maximum atomic E-state index is 12.2. The lowest BCUT2D eigenvalue weighted by atomic mass is 10.0. The highest BCUT2D eigenvalue weighted by molar-refractivity contribution is 5.95. The Morgan fingerprint density at radius 1 is 1.35 bits per heavy atom. The first-order valence-electron chi connectivity index (χ1n) is 8.53. The molecule has 0 aliphatic rings. The summed E-state index contributed by atoms with van der Waals surface area (Å²) >= 11 is 0. The fraction of sp³-hybridized carbons (Fsp3) is 0.316. The number of rotatable bonds is 6. The summed E-state index contributed by atoms with van der Waals surface area (Å²) in [6.07, 6.45) is 4.08. The minimum absolute atomic E-state index is 0.204. The van der Waals surface area contributed by atoms with Crippen LogP contribution >= 0.6 is 0 Å². The molecule has 0 radical (unpaired) electrons. The van der Waals surface area contributed by atoms with Crippen LogP contribution in [0.2, 0.25) is 0 Å². The Labute approximate surface area is 152 Å². The summed E-state index contributed by atoms with van der Waals surface area (Å²) in [5.74, 6) is 0.771. The summed E-state index contributed by atoms with van der Waals surface area (Å²) in [5, 5.41) is 7.18. The molecule has 0 aliphatic heterocycles. The van der Waals surface area contributed by atoms with Gasteiger partial charge in [0.2, 0.25) is 5.91 Å². The second kappa shape index (κ2) is 7.53. The van der Waals surface area contributed by atoms with Gasteiger partial charge in [0.05, 0.1) is 25.0 Å². The fourth-order valence-electron chi connectivity index (χ4n) is 2.84. The minimum atomic E-state index is -0.538. The van der Waals surface area contributed by atoms with Crippen LogP contribution < -0.4 is 15.8 Å². The summed E-state index contributed by atoms with van der Waals surface area (Å²) in [6.45, 7) is 4.07. The molecule has 0 aliphatic carbocycles. The Morgan fingerprint density at radius 2 is 2.15 bits per heavy atom. The van der Waals surface area contributed by atoms with Crippen LogP contribution in [0.15, 0.2) is 42.7 Å². The number of aromatic nitrogens is 3. The highest BCUT2D eigenvalue weighted by Crippen LogP contribution is 2.32. The van der Waals surface area contributed by atoms with E-state index < -0.39 is 6.04 Å². The van der Waals surface area contributed by atoms with E-state index in [1.54, 1.807) is 30.1 Å². The van der Waals surface area contributed by atoms with E-state index in [1.165, 1.54) is 0 Å². The van der Waals surface area contributed by atoms with Crippen LogP contribution in [-0.2, 0) is 4.79 Å². The molecule has 2 heterocycles. The molecule has 3 rings (SSSR count). The number of amides is 1. The van der Waals surface area contributed by atoms with E-state index in [0.29, 0.717) is 23.8 Å². The lowest BCUT2D eigenvalue weighted by molar-refractivity contribution is -0.117. The SMILES string of the molecule is COc1cc(NC(=O)[C@H](N)CC(C)C)ccc1-c1cnc2cccnn12. The van der Waals surface area contributed by atoms with Crippen molar-refractivity contribution < 1.29 is 9.53 Å². The quantitative estimate of drug-likeness (QED) is 0.710. The first-order valence-corrected chi connectivity index (χ1v) is 8.53. The summed E-state index contributed by atoms with van der Waals surface area (Å²) in [6, 6.07) is 8.65. The normalized spacial score (nSPS) is 12.3. The monoisotopic (exact) mass is 353 g/mol. The van der Waals surface area contributed by atoms with Gasteiger partial charge in [-0.3, -0.25) is 4.79 Å².